The van der Waals surface area contributed by atoms with Crippen molar-refractivity contribution in [1.29, 1.82) is 0 Å². The SMILES string of the molecule is Cl.OC(COc1cccc2ccccc12)CC1=NCCN1. The highest BCUT2D eigenvalue weighted by Gasteiger charge is 2.13. The lowest BCUT2D eigenvalue weighted by Crippen LogP contribution is -2.27. The minimum Gasteiger partial charge on any atom is -0.490 e. The van der Waals surface area contributed by atoms with Crippen LogP contribution >= 0.6 is 12.4 Å². The molecule has 5 heteroatoms. The van der Waals surface area contributed by atoms with E-state index in [4.69, 9.17) is 4.74 Å². The molecule has 1 heterocycles. The normalized spacial score (nSPS) is 15.0. The molecule has 0 fully saturated rings. The van der Waals surface area contributed by atoms with E-state index < -0.39 is 6.10 Å². The van der Waals surface area contributed by atoms with Gasteiger partial charge in [0.15, 0.2) is 0 Å². The fourth-order valence-electron chi connectivity index (χ4n) is 2.37. The van der Waals surface area contributed by atoms with Crippen molar-refractivity contribution in [3.8, 4) is 5.75 Å². The fourth-order valence-corrected chi connectivity index (χ4v) is 2.37. The van der Waals surface area contributed by atoms with Gasteiger partial charge in [0.2, 0.25) is 0 Å². The largest absolute Gasteiger partial charge is 0.490 e. The average molecular weight is 307 g/mol. The first kappa shape index (κ1) is 15.6. The second-order valence-corrected chi connectivity index (χ2v) is 4.90. The Bertz CT molecular complexity index is 625. The van der Waals surface area contributed by atoms with Crippen LogP contribution in [0, 0.1) is 0 Å². The number of ether oxygens (including phenoxy) is 1. The van der Waals surface area contributed by atoms with E-state index in [2.05, 4.69) is 22.4 Å². The number of aliphatic imine (C=N–C) groups is 1. The quantitative estimate of drug-likeness (QED) is 0.892. The minimum absolute atomic E-state index is 0. The zero-order valence-electron chi connectivity index (χ0n) is 11.7. The molecule has 112 valence electrons. The summed E-state index contributed by atoms with van der Waals surface area (Å²) in [5, 5.41) is 15.4. The third-order valence-electron chi connectivity index (χ3n) is 3.35. The van der Waals surface area contributed by atoms with Crippen LogP contribution in [-0.4, -0.2) is 36.7 Å². The minimum atomic E-state index is -0.543. The van der Waals surface area contributed by atoms with Crippen molar-refractivity contribution in [2.45, 2.75) is 12.5 Å². The Balaban J connectivity index is 0.00000161. The Morgan fingerprint density at radius 3 is 2.81 bits per heavy atom. The number of hydrogen-bond donors (Lipinski definition) is 2. The monoisotopic (exact) mass is 306 g/mol. The van der Waals surface area contributed by atoms with E-state index in [1.54, 1.807) is 0 Å². The van der Waals surface area contributed by atoms with Crippen LogP contribution in [0.1, 0.15) is 6.42 Å². The molecule has 0 saturated heterocycles. The van der Waals surface area contributed by atoms with Gasteiger partial charge in [-0.2, -0.15) is 0 Å². The molecule has 1 aliphatic rings. The molecular formula is C16H19ClN2O2. The molecule has 21 heavy (non-hydrogen) atoms. The number of hydrogen-bond acceptors (Lipinski definition) is 4. The molecule has 4 nitrogen and oxygen atoms in total. The maximum Gasteiger partial charge on any atom is 0.127 e. The van der Waals surface area contributed by atoms with Gasteiger partial charge in [0.05, 0.1) is 18.5 Å². The van der Waals surface area contributed by atoms with Crippen molar-refractivity contribution in [1.82, 2.24) is 5.32 Å². The van der Waals surface area contributed by atoms with Gasteiger partial charge in [-0.3, -0.25) is 4.99 Å². The van der Waals surface area contributed by atoms with E-state index >= 15 is 0 Å². The van der Waals surface area contributed by atoms with E-state index in [1.807, 2.05) is 30.3 Å². The van der Waals surface area contributed by atoms with Gasteiger partial charge in [-0.15, -0.1) is 12.4 Å². The van der Waals surface area contributed by atoms with Crippen molar-refractivity contribution in [3.05, 3.63) is 42.5 Å². The van der Waals surface area contributed by atoms with Gasteiger partial charge in [-0.25, -0.2) is 0 Å². The van der Waals surface area contributed by atoms with Gasteiger partial charge in [-0.1, -0.05) is 36.4 Å². The summed E-state index contributed by atoms with van der Waals surface area (Å²) < 4.78 is 5.76. The van der Waals surface area contributed by atoms with Crippen molar-refractivity contribution in [3.63, 3.8) is 0 Å². The maximum atomic E-state index is 10.00. The molecule has 2 N–H and O–H groups in total. The summed E-state index contributed by atoms with van der Waals surface area (Å²) in [6.45, 7) is 1.94. The first-order valence-electron chi connectivity index (χ1n) is 6.89. The lowest BCUT2D eigenvalue weighted by Gasteiger charge is -2.14. The van der Waals surface area contributed by atoms with Gasteiger partial charge < -0.3 is 15.2 Å². The van der Waals surface area contributed by atoms with Crippen molar-refractivity contribution in [2.24, 2.45) is 4.99 Å². The third-order valence-corrected chi connectivity index (χ3v) is 3.35. The van der Waals surface area contributed by atoms with Crippen LogP contribution in [0.5, 0.6) is 5.75 Å². The summed E-state index contributed by atoms with van der Waals surface area (Å²) in [5.74, 6) is 1.68. The number of nitrogens with zero attached hydrogens (tertiary/aromatic N) is 1. The summed E-state index contributed by atoms with van der Waals surface area (Å²) in [6, 6.07) is 14.0. The Hall–Kier alpha value is -1.78. The van der Waals surface area contributed by atoms with Crippen LogP contribution in [0.15, 0.2) is 47.5 Å². The smallest absolute Gasteiger partial charge is 0.127 e. The summed E-state index contributed by atoms with van der Waals surface area (Å²) in [6.07, 6.45) is -0.0246. The highest BCUT2D eigenvalue weighted by Crippen LogP contribution is 2.25. The van der Waals surface area contributed by atoms with E-state index in [0.29, 0.717) is 6.42 Å². The van der Waals surface area contributed by atoms with Crippen LogP contribution < -0.4 is 10.1 Å². The van der Waals surface area contributed by atoms with E-state index in [0.717, 1.165) is 35.4 Å². The van der Waals surface area contributed by atoms with E-state index in [-0.39, 0.29) is 19.0 Å². The van der Waals surface area contributed by atoms with Gasteiger partial charge in [0, 0.05) is 18.4 Å². The predicted molar refractivity (Wildman–Crippen MR) is 87.6 cm³/mol. The molecule has 0 aromatic heterocycles. The lowest BCUT2D eigenvalue weighted by molar-refractivity contribution is 0.114. The van der Waals surface area contributed by atoms with Crippen LogP contribution in [0.4, 0.5) is 0 Å². The molecule has 0 bridgehead atoms. The number of aliphatic hydroxyl groups excluding tert-OH is 1. The second kappa shape index (κ2) is 7.29. The molecular weight excluding hydrogens is 288 g/mol. The lowest BCUT2D eigenvalue weighted by atomic mass is 10.1. The summed E-state index contributed by atoms with van der Waals surface area (Å²) in [5.41, 5.74) is 0. The van der Waals surface area contributed by atoms with Crippen molar-refractivity contribution < 1.29 is 9.84 Å². The predicted octanol–water partition coefficient (Wildman–Crippen LogP) is 2.39. The van der Waals surface area contributed by atoms with Gasteiger partial charge >= 0.3 is 0 Å². The van der Waals surface area contributed by atoms with Crippen LogP contribution in [0.3, 0.4) is 0 Å². The molecule has 0 spiro atoms. The fraction of sp³-hybridized carbons (Fsp3) is 0.312. The molecule has 0 radical (unpaired) electrons. The van der Waals surface area contributed by atoms with Gasteiger partial charge in [-0.05, 0) is 11.5 Å². The molecule has 0 saturated carbocycles. The van der Waals surface area contributed by atoms with Crippen molar-refractivity contribution >= 4 is 29.0 Å². The Morgan fingerprint density at radius 1 is 1.19 bits per heavy atom. The molecule has 3 rings (SSSR count). The number of fused-ring (bicyclic) bond motifs is 1. The Morgan fingerprint density at radius 2 is 2.00 bits per heavy atom. The average Bonchev–Trinajstić information content (AvgIpc) is 2.98. The molecule has 2 aromatic rings. The van der Waals surface area contributed by atoms with Crippen molar-refractivity contribution in [2.75, 3.05) is 19.7 Å². The van der Waals surface area contributed by atoms with Gasteiger partial charge in [0.1, 0.15) is 12.4 Å². The zero-order chi connectivity index (χ0) is 13.8. The molecule has 2 aromatic carbocycles. The van der Waals surface area contributed by atoms with Crippen LogP contribution in [0.25, 0.3) is 10.8 Å². The van der Waals surface area contributed by atoms with Crippen LogP contribution in [-0.2, 0) is 0 Å². The number of nitrogens with one attached hydrogen (secondary N) is 1. The number of benzene rings is 2. The Kier molecular flexibility index (Phi) is 5.42. The highest BCUT2D eigenvalue weighted by molar-refractivity contribution is 5.88. The first-order chi connectivity index (χ1) is 9.83. The highest BCUT2D eigenvalue weighted by atomic mass is 35.5. The molecule has 1 atom stereocenters. The second-order valence-electron chi connectivity index (χ2n) is 4.90. The maximum absolute atomic E-state index is 10.00. The number of amidine groups is 1. The topological polar surface area (TPSA) is 53.9 Å². The number of aliphatic hydroxyl groups is 1. The van der Waals surface area contributed by atoms with E-state index in [1.165, 1.54) is 0 Å². The van der Waals surface area contributed by atoms with Crippen LogP contribution in [0.2, 0.25) is 0 Å². The zero-order valence-corrected chi connectivity index (χ0v) is 12.5. The summed E-state index contributed by atoms with van der Waals surface area (Å²) >= 11 is 0. The number of rotatable bonds is 5. The third kappa shape index (κ3) is 3.86. The standard InChI is InChI=1S/C16H18N2O2.ClH/c19-13(10-16-17-8-9-18-16)11-20-15-7-3-5-12-4-1-2-6-14(12)15;/h1-7,13,19H,8-11H2,(H,17,18);1H. The Labute approximate surface area is 130 Å². The molecule has 0 amide bonds. The first-order valence-corrected chi connectivity index (χ1v) is 6.89. The molecule has 1 aliphatic heterocycles. The van der Waals surface area contributed by atoms with Gasteiger partial charge in [0.25, 0.3) is 0 Å². The summed E-state index contributed by atoms with van der Waals surface area (Å²) in [4.78, 5) is 4.27. The van der Waals surface area contributed by atoms with E-state index in [9.17, 15) is 5.11 Å². The molecule has 1 unspecified atom stereocenters. The number of halogens is 1. The molecule has 0 aliphatic carbocycles. The summed E-state index contributed by atoms with van der Waals surface area (Å²) in [7, 11) is 0.